The average Bonchev–Trinajstić information content (AvgIpc) is 2.50. The topological polar surface area (TPSA) is 36.9 Å². The Labute approximate surface area is 84.5 Å². The van der Waals surface area contributed by atoms with Gasteiger partial charge in [0, 0.05) is 5.41 Å². The fraction of sp³-hybridized carbons (Fsp3) is 1.00. The molecule has 0 spiro atoms. The molecule has 0 atom stereocenters. The highest BCUT2D eigenvalue weighted by Gasteiger charge is 2.36. The van der Waals surface area contributed by atoms with E-state index in [4.69, 9.17) is 18.9 Å². The zero-order valence-corrected chi connectivity index (χ0v) is 8.88. The molecule has 4 heteroatoms. The molecule has 2 aliphatic heterocycles. The largest absolute Gasteiger partial charge is 0.380 e. The van der Waals surface area contributed by atoms with Crippen LogP contribution in [0.3, 0.4) is 0 Å². The van der Waals surface area contributed by atoms with Gasteiger partial charge in [0.15, 0.2) is 5.79 Å². The quantitative estimate of drug-likeness (QED) is 0.675. The highest BCUT2D eigenvalue weighted by atomic mass is 16.7. The van der Waals surface area contributed by atoms with Gasteiger partial charge >= 0.3 is 0 Å². The monoisotopic (exact) mass is 202 g/mol. The maximum absolute atomic E-state index is 5.60. The fourth-order valence-electron chi connectivity index (χ4n) is 1.66. The molecule has 82 valence electrons. The van der Waals surface area contributed by atoms with Crippen LogP contribution >= 0.6 is 0 Å². The van der Waals surface area contributed by atoms with Gasteiger partial charge in [0.05, 0.1) is 33.0 Å². The van der Waals surface area contributed by atoms with Crippen LogP contribution in [0.25, 0.3) is 0 Å². The minimum Gasteiger partial charge on any atom is -0.380 e. The van der Waals surface area contributed by atoms with E-state index in [1.165, 1.54) is 0 Å². The maximum Gasteiger partial charge on any atom is 0.189 e. The van der Waals surface area contributed by atoms with Gasteiger partial charge in [-0.2, -0.15) is 0 Å². The van der Waals surface area contributed by atoms with E-state index in [0.717, 1.165) is 19.8 Å². The molecule has 0 aromatic heterocycles. The molecule has 0 aliphatic carbocycles. The van der Waals surface area contributed by atoms with E-state index < -0.39 is 5.79 Å². The van der Waals surface area contributed by atoms with Crippen molar-refractivity contribution in [3.8, 4) is 0 Å². The van der Waals surface area contributed by atoms with Crippen LogP contribution in [0.15, 0.2) is 0 Å². The van der Waals surface area contributed by atoms with Gasteiger partial charge in [0.2, 0.25) is 0 Å². The van der Waals surface area contributed by atoms with E-state index in [1.807, 2.05) is 6.92 Å². The summed E-state index contributed by atoms with van der Waals surface area (Å²) in [5, 5.41) is 0. The molecular formula is C10H18O4. The number of hydrogen-bond donors (Lipinski definition) is 0. The fourth-order valence-corrected chi connectivity index (χ4v) is 1.66. The van der Waals surface area contributed by atoms with E-state index in [2.05, 4.69) is 6.92 Å². The highest BCUT2D eigenvalue weighted by Crippen LogP contribution is 2.27. The summed E-state index contributed by atoms with van der Waals surface area (Å²) in [6.45, 7) is 8.23. The van der Waals surface area contributed by atoms with Crippen LogP contribution < -0.4 is 0 Å². The Morgan fingerprint density at radius 3 is 2.21 bits per heavy atom. The highest BCUT2D eigenvalue weighted by molar-refractivity contribution is 4.80. The lowest BCUT2D eigenvalue weighted by atomic mass is 9.90. The molecule has 0 N–H and O–H groups in total. The number of ether oxygens (including phenoxy) is 4. The van der Waals surface area contributed by atoms with Crippen molar-refractivity contribution in [3.05, 3.63) is 0 Å². The first-order chi connectivity index (χ1) is 6.62. The predicted octanol–water partition coefficient (Wildman–Crippen LogP) is 0.802. The number of rotatable bonds is 4. The first kappa shape index (κ1) is 10.4. The van der Waals surface area contributed by atoms with Crippen LogP contribution in [0.4, 0.5) is 0 Å². The summed E-state index contributed by atoms with van der Waals surface area (Å²) >= 11 is 0. The third-order valence-electron chi connectivity index (χ3n) is 2.61. The Hall–Kier alpha value is -0.160. The Kier molecular flexibility index (Phi) is 2.79. The molecule has 0 saturated carbocycles. The third kappa shape index (κ3) is 2.25. The molecule has 2 fully saturated rings. The summed E-state index contributed by atoms with van der Waals surface area (Å²) in [6, 6.07) is 0. The van der Waals surface area contributed by atoms with Crippen molar-refractivity contribution in [2.75, 3.05) is 39.6 Å². The van der Waals surface area contributed by atoms with Crippen LogP contribution in [-0.2, 0) is 18.9 Å². The van der Waals surface area contributed by atoms with Crippen LogP contribution in [0.5, 0.6) is 0 Å². The van der Waals surface area contributed by atoms with Gasteiger partial charge in [-0.25, -0.2) is 0 Å². The minimum absolute atomic E-state index is 0.203. The zero-order chi connectivity index (χ0) is 10.1. The molecule has 2 heterocycles. The first-order valence-corrected chi connectivity index (χ1v) is 5.05. The van der Waals surface area contributed by atoms with Crippen LogP contribution in [0.2, 0.25) is 0 Å². The van der Waals surface area contributed by atoms with E-state index in [9.17, 15) is 0 Å². The molecule has 0 aromatic carbocycles. The Morgan fingerprint density at radius 1 is 1.07 bits per heavy atom. The summed E-state index contributed by atoms with van der Waals surface area (Å²) < 4.78 is 21.6. The van der Waals surface area contributed by atoms with Crippen molar-refractivity contribution in [2.45, 2.75) is 19.6 Å². The minimum atomic E-state index is -0.527. The van der Waals surface area contributed by atoms with E-state index in [-0.39, 0.29) is 5.41 Å². The molecule has 0 amide bonds. The Balaban J connectivity index is 1.67. The lowest BCUT2D eigenvalue weighted by molar-refractivity contribution is -0.203. The van der Waals surface area contributed by atoms with Crippen molar-refractivity contribution in [1.82, 2.24) is 0 Å². The molecule has 0 radical (unpaired) electrons. The molecule has 2 rings (SSSR count). The lowest BCUT2D eigenvalue weighted by Crippen LogP contribution is -2.45. The molecule has 2 aliphatic rings. The van der Waals surface area contributed by atoms with E-state index >= 15 is 0 Å². The normalized spacial score (nSPS) is 28.7. The van der Waals surface area contributed by atoms with Gasteiger partial charge in [-0.1, -0.05) is 6.92 Å². The lowest BCUT2D eigenvalue weighted by Gasteiger charge is -2.38. The summed E-state index contributed by atoms with van der Waals surface area (Å²) in [6.07, 6.45) is 0. The molecular weight excluding hydrogens is 184 g/mol. The van der Waals surface area contributed by atoms with Crippen LogP contribution in [-0.4, -0.2) is 45.4 Å². The van der Waals surface area contributed by atoms with Crippen molar-refractivity contribution < 1.29 is 18.9 Å². The Bertz CT molecular complexity index is 194. The van der Waals surface area contributed by atoms with Gasteiger partial charge in [-0.3, -0.25) is 0 Å². The van der Waals surface area contributed by atoms with E-state index in [1.54, 1.807) is 0 Å². The smallest absolute Gasteiger partial charge is 0.189 e. The first-order valence-electron chi connectivity index (χ1n) is 5.05. The molecule has 2 saturated heterocycles. The van der Waals surface area contributed by atoms with Crippen molar-refractivity contribution in [1.29, 1.82) is 0 Å². The summed E-state index contributed by atoms with van der Waals surface area (Å²) in [5.74, 6) is -0.527. The molecule has 4 nitrogen and oxygen atoms in total. The van der Waals surface area contributed by atoms with Gasteiger partial charge in [-0.05, 0) is 6.92 Å². The van der Waals surface area contributed by atoms with Crippen molar-refractivity contribution in [3.63, 3.8) is 0 Å². The molecule has 14 heavy (non-hydrogen) atoms. The van der Waals surface area contributed by atoms with Crippen LogP contribution in [0, 0.1) is 5.41 Å². The van der Waals surface area contributed by atoms with Crippen molar-refractivity contribution in [2.24, 2.45) is 5.41 Å². The Morgan fingerprint density at radius 2 is 1.71 bits per heavy atom. The summed E-state index contributed by atoms with van der Waals surface area (Å²) in [7, 11) is 0. The predicted molar refractivity (Wildman–Crippen MR) is 50.1 cm³/mol. The maximum atomic E-state index is 5.60. The average molecular weight is 202 g/mol. The number of hydrogen-bond acceptors (Lipinski definition) is 4. The summed E-state index contributed by atoms with van der Waals surface area (Å²) in [4.78, 5) is 0. The van der Waals surface area contributed by atoms with Gasteiger partial charge in [0.25, 0.3) is 0 Å². The van der Waals surface area contributed by atoms with Crippen LogP contribution in [0.1, 0.15) is 13.8 Å². The van der Waals surface area contributed by atoms with Gasteiger partial charge < -0.3 is 18.9 Å². The summed E-state index contributed by atoms with van der Waals surface area (Å²) in [5.41, 5.74) is 0.203. The zero-order valence-electron chi connectivity index (χ0n) is 8.88. The second kappa shape index (κ2) is 3.77. The molecule has 0 aromatic rings. The van der Waals surface area contributed by atoms with Gasteiger partial charge in [0.1, 0.15) is 6.61 Å². The van der Waals surface area contributed by atoms with E-state index in [0.29, 0.717) is 19.8 Å². The second-order valence-corrected chi connectivity index (χ2v) is 4.63. The van der Waals surface area contributed by atoms with Gasteiger partial charge in [-0.15, -0.1) is 0 Å². The SMILES string of the molecule is CC1(COCC2(C)OCCO2)COC1. The molecule has 0 bridgehead atoms. The second-order valence-electron chi connectivity index (χ2n) is 4.63. The standard InChI is InChI=1S/C10H18O4/c1-9(5-11-6-9)7-12-8-10(2)13-3-4-14-10/h3-8H2,1-2H3. The molecule has 0 unspecified atom stereocenters. The van der Waals surface area contributed by atoms with Crippen molar-refractivity contribution >= 4 is 0 Å². The third-order valence-corrected chi connectivity index (χ3v) is 2.61.